The van der Waals surface area contributed by atoms with E-state index in [-0.39, 0.29) is 12.3 Å². The third-order valence-corrected chi connectivity index (χ3v) is 10.1. The highest BCUT2D eigenvalue weighted by molar-refractivity contribution is 5.85. The molecule has 0 spiro atoms. The van der Waals surface area contributed by atoms with Gasteiger partial charge in [0.25, 0.3) is 0 Å². The van der Waals surface area contributed by atoms with Gasteiger partial charge in [-0.05, 0) is 76.8 Å². The van der Waals surface area contributed by atoms with Gasteiger partial charge in [-0.2, -0.15) is 0 Å². The lowest BCUT2D eigenvalue weighted by atomic mass is 9.73. The number of hydrogen-bond acceptors (Lipinski definition) is 6. The van der Waals surface area contributed by atoms with Gasteiger partial charge in [-0.25, -0.2) is 14.1 Å². The molecule has 0 amide bonds. The van der Waals surface area contributed by atoms with Crippen LogP contribution in [0.15, 0.2) is 79.3 Å². The standard InChI is InChI=1S/C39H41FN6O4/c1-37(2,36(47)48)25-11-8-12-26(19-25)39(5)15-9-17-49-38(3,4)32-23-46(44-43-32)21-29-28-14-16-41-31(28)20-30(40)34(29)50-27-13-7-10-24(18-27)35-42-33(39)22-45(35)6/h7-8,10-14,16,18-20,22-23,41H,9,15,17,21H2,1-6H3,(H,47,48). The van der Waals surface area contributed by atoms with Gasteiger partial charge in [0.05, 0.1) is 23.9 Å². The molecule has 3 aromatic heterocycles. The molecule has 1 atom stereocenters. The van der Waals surface area contributed by atoms with Gasteiger partial charge in [-0.15, -0.1) is 5.10 Å². The molecule has 0 saturated carbocycles. The third kappa shape index (κ3) is 5.85. The molecule has 0 saturated heterocycles. The first-order valence-corrected chi connectivity index (χ1v) is 16.8. The molecule has 3 aromatic carbocycles. The van der Waals surface area contributed by atoms with Crippen LogP contribution in [0.1, 0.15) is 75.5 Å². The molecule has 2 N–H and O–H groups in total. The molecule has 6 bridgehead atoms. The molecule has 7 rings (SSSR count). The monoisotopic (exact) mass is 676 g/mol. The van der Waals surface area contributed by atoms with Crippen LogP contribution in [0.3, 0.4) is 0 Å². The van der Waals surface area contributed by atoms with Crippen molar-refractivity contribution in [1.82, 2.24) is 29.5 Å². The van der Waals surface area contributed by atoms with Crippen molar-refractivity contribution in [2.45, 2.75) is 70.4 Å². The summed E-state index contributed by atoms with van der Waals surface area (Å²) >= 11 is 0. The normalized spacial score (nSPS) is 18.1. The molecule has 4 heterocycles. The van der Waals surface area contributed by atoms with Crippen LogP contribution in [-0.4, -0.2) is 47.2 Å². The Morgan fingerprint density at radius 3 is 2.64 bits per heavy atom. The number of carbonyl (C=O) groups is 1. The van der Waals surface area contributed by atoms with Crippen LogP contribution in [0, 0.1) is 5.82 Å². The van der Waals surface area contributed by atoms with Crippen LogP contribution in [-0.2, 0) is 39.6 Å². The van der Waals surface area contributed by atoms with Gasteiger partial charge >= 0.3 is 5.97 Å². The van der Waals surface area contributed by atoms with E-state index < -0.39 is 28.2 Å². The lowest BCUT2D eigenvalue weighted by molar-refractivity contribution is -0.142. The topological polar surface area (TPSA) is 120 Å². The maximum Gasteiger partial charge on any atom is 0.313 e. The summed E-state index contributed by atoms with van der Waals surface area (Å²) in [6.07, 6.45) is 6.99. The van der Waals surface area contributed by atoms with Crippen LogP contribution in [0.4, 0.5) is 4.39 Å². The van der Waals surface area contributed by atoms with Crippen molar-refractivity contribution in [3.05, 3.63) is 113 Å². The number of aryl methyl sites for hydroxylation is 1. The van der Waals surface area contributed by atoms with Gasteiger partial charge in [0.1, 0.15) is 22.9 Å². The second-order valence-electron chi connectivity index (χ2n) is 14.4. The van der Waals surface area contributed by atoms with Crippen LogP contribution in [0.2, 0.25) is 0 Å². The largest absolute Gasteiger partial charge is 0.481 e. The molecule has 11 heteroatoms. The number of carboxylic acid groups (broad SMARTS) is 1. The molecule has 0 fully saturated rings. The summed E-state index contributed by atoms with van der Waals surface area (Å²) in [5, 5.41) is 19.7. The fourth-order valence-electron chi connectivity index (χ4n) is 6.74. The Bertz CT molecular complexity index is 2230. The summed E-state index contributed by atoms with van der Waals surface area (Å²) in [5.74, 6) is -0.114. The van der Waals surface area contributed by atoms with Crippen molar-refractivity contribution in [3.63, 3.8) is 0 Å². The van der Waals surface area contributed by atoms with Crippen LogP contribution < -0.4 is 4.74 Å². The minimum Gasteiger partial charge on any atom is -0.481 e. The highest BCUT2D eigenvalue weighted by atomic mass is 19.1. The molecule has 258 valence electrons. The van der Waals surface area contributed by atoms with Crippen molar-refractivity contribution >= 4 is 16.9 Å². The molecule has 10 nitrogen and oxygen atoms in total. The van der Waals surface area contributed by atoms with Crippen molar-refractivity contribution in [2.24, 2.45) is 7.05 Å². The second kappa shape index (κ2) is 12.2. The van der Waals surface area contributed by atoms with E-state index in [4.69, 9.17) is 14.5 Å². The maximum absolute atomic E-state index is 15.8. The van der Waals surface area contributed by atoms with E-state index in [2.05, 4.69) is 22.2 Å². The predicted molar refractivity (Wildman–Crippen MR) is 188 cm³/mol. The Morgan fingerprint density at radius 1 is 1.04 bits per heavy atom. The molecule has 50 heavy (non-hydrogen) atoms. The van der Waals surface area contributed by atoms with E-state index in [0.29, 0.717) is 53.4 Å². The van der Waals surface area contributed by atoms with Gasteiger partial charge in [-0.3, -0.25) is 4.79 Å². The Balaban J connectivity index is 1.37. The first-order chi connectivity index (χ1) is 23.8. The molecule has 6 aromatic rings. The Labute approximate surface area is 289 Å². The minimum atomic E-state index is -1.08. The van der Waals surface area contributed by atoms with E-state index in [1.165, 1.54) is 6.07 Å². The summed E-state index contributed by atoms with van der Waals surface area (Å²) in [4.78, 5) is 20.5. The molecular weight excluding hydrogens is 635 g/mol. The summed E-state index contributed by atoms with van der Waals surface area (Å²) in [5.41, 5.74) is 2.80. The number of hydrogen-bond donors (Lipinski definition) is 2. The smallest absolute Gasteiger partial charge is 0.313 e. The van der Waals surface area contributed by atoms with Gasteiger partial charge < -0.3 is 24.1 Å². The summed E-state index contributed by atoms with van der Waals surface area (Å²) < 4.78 is 32.3. The Kier molecular flexibility index (Phi) is 8.13. The lowest BCUT2D eigenvalue weighted by Gasteiger charge is -2.31. The number of aromatic amines is 1. The summed E-state index contributed by atoms with van der Waals surface area (Å²) in [6.45, 7) is 10.2. The van der Waals surface area contributed by atoms with E-state index in [0.717, 1.165) is 22.2 Å². The predicted octanol–water partition coefficient (Wildman–Crippen LogP) is 7.85. The average Bonchev–Trinajstić information content (AvgIpc) is 3.85. The molecule has 1 aliphatic rings. The van der Waals surface area contributed by atoms with Crippen molar-refractivity contribution in [2.75, 3.05) is 6.61 Å². The number of H-pyrrole nitrogens is 1. The number of fused-ring (bicyclic) bond motifs is 10. The number of halogens is 1. The summed E-state index contributed by atoms with van der Waals surface area (Å²) in [6, 6.07) is 18.6. The van der Waals surface area contributed by atoms with Gasteiger partial charge in [0.2, 0.25) is 0 Å². The Morgan fingerprint density at radius 2 is 1.84 bits per heavy atom. The second-order valence-corrected chi connectivity index (χ2v) is 14.4. The van der Waals surface area contributed by atoms with Crippen LogP contribution >= 0.6 is 0 Å². The van der Waals surface area contributed by atoms with Gasteiger partial charge in [0, 0.05) is 59.6 Å². The number of imidazole rings is 1. The maximum atomic E-state index is 15.8. The number of carboxylic acids is 1. The SMILES string of the molecule is Cn1cc2nc1-c1cccc(c1)Oc1c(F)cc3[nH]ccc3c1Cn1cc(nn1)C(C)(C)OCCCC2(C)c1cccc(C(C)(C)C(=O)O)c1. The van der Waals surface area contributed by atoms with Crippen LogP contribution in [0.5, 0.6) is 11.5 Å². The molecule has 1 unspecified atom stereocenters. The fourth-order valence-corrected chi connectivity index (χ4v) is 6.74. The zero-order valence-electron chi connectivity index (χ0n) is 29.1. The quantitative estimate of drug-likeness (QED) is 0.196. The Hall–Kier alpha value is -5.29. The van der Waals surface area contributed by atoms with Crippen molar-refractivity contribution < 1.29 is 23.8 Å². The first-order valence-electron chi connectivity index (χ1n) is 16.8. The van der Waals surface area contributed by atoms with Gasteiger partial charge in [0.15, 0.2) is 11.6 Å². The fraction of sp³-hybridized carbons (Fsp3) is 0.333. The number of rotatable bonds is 3. The zero-order valence-corrected chi connectivity index (χ0v) is 29.1. The van der Waals surface area contributed by atoms with E-state index in [1.807, 2.05) is 86.4 Å². The minimum absolute atomic E-state index is 0.108. The summed E-state index contributed by atoms with van der Waals surface area (Å²) in [7, 11) is 1.95. The van der Waals surface area contributed by atoms with Crippen LogP contribution in [0.25, 0.3) is 22.3 Å². The number of aliphatic carboxylic acids is 1. The third-order valence-electron chi connectivity index (χ3n) is 10.1. The average molecular weight is 677 g/mol. The highest BCUT2D eigenvalue weighted by Crippen LogP contribution is 2.41. The molecule has 0 aliphatic carbocycles. The zero-order chi connectivity index (χ0) is 35.4. The number of ether oxygens (including phenoxy) is 2. The van der Waals surface area contributed by atoms with E-state index >= 15 is 4.39 Å². The number of nitrogens with one attached hydrogen (secondary N) is 1. The van der Waals surface area contributed by atoms with Crippen molar-refractivity contribution in [1.29, 1.82) is 0 Å². The van der Waals surface area contributed by atoms with E-state index in [9.17, 15) is 9.90 Å². The molecule has 1 aliphatic heterocycles. The molecular formula is C39H41FN6O4. The highest BCUT2D eigenvalue weighted by Gasteiger charge is 2.36. The number of nitrogens with zero attached hydrogens (tertiary/aromatic N) is 5. The molecule has 0 radical (unpaired) electrons. The first kappa shape index (κ1) is 33.2. The van der Waals surface area contributed by atoms with E-state index in [1.54, 1.807) is 30.8 Å². The van der Waals surface area contributed by atoms with Gasteiger partial charge in [-0.1, -0.05) is 41.6 Å². The number of aromatic nitrogens is 6. The lowest BCUT2D eigenvalue weighted by Crippen LogP contribution is -2.30. The van der Waals surface area contributed by atoms with Crippen molar-refractivity contribution in [3.8, 4) is 22.9 Å². The number of benzene rings is 3.